The first-order valence-corrected chi connectivity index (χ1v) is 7.13. The van der Waals surface area contributed by atoms with Crippen LogP contribution in [0.15, 0.2) is 6.20 Å². The van der Waals surface area contributed by atoms with Gasteiger partial charge in [-0.05, 0) is 39.3 Å². The molecule has 1 aromatic rings. The van der Waals surface area contributed by atoms with Crippen LogP contribution in [0, 0.1) is 5.92 Å². The Labute approximate surface area is 114 Å². The summed E-state index contributed by atoms with van der Waals surface area (Å²) in [5, 5.41) is 20.3. The lowest BCUT2D eigenvalue weighted by Gasteiger charge is -2.20. The van der Waals surface area contributed by atoms with Gasteiger partial charge in [-0.15, -0.1) is 5.10 Å². The van der Waals surface area contributed by atoms with Gasteiger partial charge in [0.2, 0.25) is 0 Å². The maximum absolute atomic E-state index is 8.81. The lowest BCUT2D eigenvalue weighted by Crippen LogP contribution is -2.30. The van der Waals surface area contributed by atoms with Gasteiger partial charge >= 0.3 is 0 Å². The summed E-state index contributed by atoms with van der Waals surface area (Å²) in [7, 11) is 0. The van der Waals surface area contributed by atoms with Gasteiger partial charge in [-0.2, -0.15) is 0 Å². The molecule has 19 heavy (non-hydrogen) atoms. The minimum absolute atomic E-state index is 0.101. The number of nitrogens with zero attached hydrogens (tertiary/aromatic N) is 4. The van der Waals surface area contributed by atoms with E-state index >= 15 is 0 Å². The first kappa shape index (κ1) is 14.4. The van der Waals surface area contributed by atoms with Gasteiger partial charge in [0.15, 0.2) is 0 Å². The molecule has 0 bridgehead atoms. The second-order valence-corrected chi connectivity index (χ2v) is 5.57. The van der Waals surface area contributed by atoms with Crippen molar-refractivity contribution in [3.05, 3.63) is 11.9 Å². The number of hydrogen-bond donors (Lipinski definition) is 2. The second kappa shape index (κ2) is 6.98. The fourth-order valence-corrected chi connectivity index (χ4v) is 2.53. The lowest BCUT2D eigenvalue weighted by molar-refractivity contribution is 0.264. The molecule has 1 atom stereocenters. The summed E-state index contributed by atoms with van der Waals surface area (Å²) in [6.07, 6.45) is 3.17. The molecule has 1 fully saturated rings. The SMILES string of the molecule is CC(C)N1CCC(CNCc2cn(CCO)nn2)C1. The Morgan fingerprint density at radius 1 is 1.53 bits per heavy atom. The van der Waals surface area contributed by atoms with E-state index in [-0.39, 0.29) is 6.61 Å². The van der Waals surface area contributed by atoms with Gasteiger partial charge in [-0.3, -0.25) is 0 Å². The predicted octanol–water partition coefficient (Wildman–Crippen LogP) is 0.0903. The van der Waals surface area contributed by atoms with Crippen LogP contribution in [-0.2, 0) is 13.1 Å². The Morgan fingerprint density at radius 3 is 3.05 bits per heavy atom. The summed E-state index contributed by atoms with van der Waals surface area (Å²) in [5.74, 6) is 0.745. The summed E-state index contributed by atoms with van der Waals surface area (Å²) in [5.41, 5.74) is 0.937. The van der Waals surface area contributed by atoms with Gasteiger partial charge in [0.25, 0.3) is 0 Å². The molecule has 1 aliphatic heterocycles. The Morgan fingerprint density at radius 2 is 2.37 bits per heavy atom. The van der Waals surface area contributed by atoms with Crippen molar-refractivity contribution < 1.29 is 5.11 Å². The quantitative estimate of drug-likeness (QED) is 0.733. The molecule has 6 nitrogen and oxygen atoms in total. The minimum atomic E-state index is 0.101. The molecule has 1 saturated heterocycles. The van der Waals surface area contributed by atoms with E-state index in [0.717, 1.165) is 24.7 Å². The summed E-state index contributed by atoms with van der Waals surface area (Å²) < 4.78 is 1.67. The van der Waals surface area contributed by atoms with Crippen LogP contribution in [0.4, 0.5) is 0 Å². The largest absolute Gasteiger partial charge is 0.394 e. The molecular weight excluding hydrogens is 242 g/mol. The molecule has 0 aliphatic carbocycles. The van der Waals surface area contributed by atoms with Crippen molar-refractivity contribution in [1.82, 2.24) is 25.2 Å². The lowest BCUT2D eigenvalue weighted by atomic mass is 10.1. The fourth-order valence-electron chi connectivity index (χ4n) is 2.53. The molecular formula is C13H25N5O. The van der Waals surface area contributed by atoms with Crippen LogP contribution >= 0.6 is 0 Å². The van der Waals surface area contributed by atoms with E-state index in [0.29, 0.717) is 12.6 Å². The number of likely N-dealkylation sites (tertiary alicyclic amines) is 1. The second-order valence-electron chi connectivity index (χ2n) is 5.57. The van der Waals surface area contributed by atoms with Gasteiger partial charge < -0.3 is 15.3 Å². The Kier molecular flexibility index (Phi) is 5.30. The first-order valence-electron chi connectivity index (χ1n) is 7.13. The fraction of sp³-hybridized carbons (Fsp3) is 0.846. The van der Waals surface area contributed by atoms with Crippen LogP contribution in [0.5, 0.6) is 0 Å². The van der Waals surface area contributed by atoms with Crippen molar-refractivity contribution in [1.29, 1.82) is 0 Å². The molecule has 0 aromatic carbocycles. The zero-order valence-corrected chi connectivity index (χ0v) is 11.9. The molecule has 0 amide bonds. The van der Waals surface area contributed by atoms with Crippen LogP contribution in [0.25, 0.3) is 0 Å². The van der Waals surface area contributed by atoms with Crippen molar-refractivity contribution in [2.24, 2.45) is 5.92 Å². The third-order valence-electron chi connectivity index (χ3n) is 3.70. The van der Waals surface area contributed by atoms with Crippen molar-refractivity contribution >= 4 is 0 Å². The molecule has 2 rings (SSSR count). The molecule has 1 aromatic heterocycles. The summed E-state index contributed by atoms with van der Waals surface area (Å²) in [6, 6.07) is 0.656. The van der Waals surface area contributed by atoms with Crippen molar-refractivity contribution in [2.75, 3.05) is 26.2 Å². The van der Waals surface area contributed by atoms with E-state index in [2.05, 4.69) is 34.4 Å². The van der Waals surface area contributed by atoms with Gasteiger partial charge in [-0.25, -0.2) is 4.68 Å². The Bertz CT molecular complexity index is 379. The van der Waals surface area contributed by atoms with Crippen LogP contribution in [0.3, 0.4) is 0 Å². The van der Waals surface area contributed by atoms with Crippen LogP contribution in [0.2, 0.25) is 0 Å². The average Bonchev–Trinajstić information content (AvgIpc) is 2.99. The maximum Gasteiger partial charge on any atom is 0.0964 e. The van der Waals surface area contributed by atoms with Gasteiger partial charge in [0, 0.05) is 25.3 Å². The van der Waals surface area contributed by atoms with Crippen molar-refractivity contribution in [2.45, 2.75) is 39.4 Å². The van der Waals surface area contributed by atoms with E-state index in [1.54, 1.807) is 4.68 Å². The van der Waals surface area contributed by atoms with E-state index < -0.39 is 0 Å². The van der Waals surface area contributed by atoms with E-state index in [9.17, 15) is 0 Å². The molecule has 1 unspecified atom stereocenters. The number of rotatable bonds is 7. The standard InChI is InChI=1S/C13H25N5O/c1-11(2)17-4-3-12(9-17)7-14-8-13-10-18(5-6-19)16-15-13/h10-12,14,19H,3-9H2,1-2H3. The Hall–Kier alpha value is -0.980. The number of nitrogens with one attached hydrogen (secondary N) is 1. The summed E-state index contributed by atoms with van der Waals surface area (Å²) >= 11 is 0. The van der Waals surface area contributed by atoms with E-state index in [1.165, 1.54) is 19.5 Å². The highest BCUT2D eigenvalue weighted by Gasteiger charge is 2.23. The average molecular weight is 267 g/mol. The third-order valence-corrected chi connectivity index (χ3v) is 3.70. The molecule has 2 heterocycles. The van der Waals surface area contributed by atoms with Gasteiger partial charge in [0.05, 0.1) is 18.8 Å². The van der Waals surface area contributed by atoms with Crippen LogP contribution in [0.1, 0.15) is 26.0 Å². The number of aliphatic hydroxyl groups excluding tert-OH is 1. The number of hydrogen-bond acceptors (Lipinski definition) is 5. The zero-order chi connectivity index (χ0) is 13.7. The first-order chi connectivity index (χ1) is 9.19. The van der Waals surface area contributed by atoms with Crippen LogP contribution in [-0.4, -0.2) is 57.3 Å². The molecule has 1 aliphatic rings. The highest BCUT2D eigenvalue weighted by molar-refractivity contribution is 4.92. The summed E-state index contributed by atoms with van der Waals surface area (Å²) in [6.45, 7) is 9.34. The van der Waals surface area contributed by atoms with Crippen molar-refractivity contribution in [3.8, 4) is 0 Å². The number of aliphatic hydroxyl groups is 1. The van der Waals surface area contributed by atoms with Gasteiger partial charge in [-0.1, -0.05) is 5.21 Å². The molecule has 6 heteroatoms. The summed E-state index contributed by atoms with van der Waals surface area (Å²) in [4.78, 5) is 2.53. The zero-order valence-electron chi connectivity index (χ0n) is 11.9. The number of aromatic nitrogens is 3. The van der Waals surface area contributed by atoms with Crippen LogP contribution < -0.4 is 5.32 Å². The molecule has 108 valence electrons. The Balaban J connectivity index is 1.66. The monoisotopic (exact) mass is 267 g/mol. The topological polar surface area (TPSA) is 66.2 Å². The maximum atomic E-state index is 8.81. The molecule has 0 radical (unpaired) electrons. The molecule has 0 spiro atoms. The van der Waals surface area contributed by atoms with Crippen molar-refractivity contribution in [3.63, 3.8) is 0 Å². The highest BCUT2D eigenvalue weighted by atomic mass is 16.3. The third kappa shape index (κ3) is 4.26. The minimum Gasteiger partial charge on any atom is -0.394 e. The molecule has 0 saturated carbocycles. The predicted molar refractivity (Wildman–Crippen MR) is 73.6 cm³/mol. The van der Waals surface area contributed by atoms with Gasteiger partial charge in [0.1, 0.15) is 0 Å². The van der Waals surface area contributed by atoms with E-state index in [4.69, 9.17) is 5.11 Å². The highest BCUT2D eigenvalue weighted by Crippen LogP contribution is 2.17. The van der Waals surface area contributed by atoms with E-state index in [1.807, 2.05) is 6.20 Å². The smallest absolute Gasteiger partial charge is 0.0964 e. The molecule has 2 N–H and O–H groups in total. The normalized spacial score (nSPS) is 20.5.